The molecule has 1 fully saturated rings. The number of aliphatic imine (C=N–C) groups is 1. The fourth-order valence-corrected chi connectivity index (χ4v) is 6.24. The van der Waals surface area contributed by atoms with Crippen LogP contribution in [0.5, 0.6) is 0 Å². The van der Waals surface area contributed by atoms with Crippen molar-refractivity contribution in [2.75, 3.05) is 26.0 Å². The molecular formula is C24H25BrF3N5O5S2. The Morgan fingerprint density at radius 1 is 1.35 bits per heavy atom. The largest absolute Gasteiger partial charge is 0.463 e. The van der Waals surface area contributed by atoms with Gasteiger partial charge in [0.25, 0.3) is 5.92 Å². The van der Waals surface area contributed by atoms with Crippen LogP contribution in [-0.4, -0.2) is 73.9 Å². The number of esters is 1. The van der Waals surface area contributed by atoms with E-state index in [1.165, 1.54) is 34.4 Å². The number of carbonyl (C=O) groups is 2. The van der Waals surface area contributed by atoms with Crippen LogP contribution in [0.25, 0.3) is 0 Å². The first kappa shape index (κ1) is 30.1. The summed E-state index contributed by atoms with van der Waals surface area (Å²) in [7, 11) is -3.88. The zero-order valence-corrected chi connectivity index (χ0v) is 24.5. The number of alkyl halides is 2. The lowest BCUT2D eigenvalue weighted by Gasteiger charge is -2.31. The highest BCUT2D eigenvalue weighted by molar-refractivity contribution is 9.10. The predicted molar refractivity (Wildman–Crippen MR) is 145 cm³/mol. The number of halogens is 4. The monoisotopic (exact) mass is 663 g/mol. The molecule has 0 radical (unpaired) electrons. The molecule has 40 heavy (non-hydrogen) atoms. The predicted octanol–water partition coefficient (Wildman–Crippen LogP) is 3.13. The lowest BCUT2D eigenvalue weighted by Crippen LogP contribution is -2.43. The van der Waals surface area contributed by atoms with Crippen molar-refractivity contribution >= 4 is 55.0 Å². The number of sulfonamides is 1. The van der Waals surface area contributed by atoms with E-state index in [0.29, 0.717) is 15.0 Å². The summed E-state index contributed by atoms with van der Waals surface area (Å²) >= 11 is 4.58. The fraction of sp³-hybridized carbons (Fsp3) is 0.417. The molecule has 16 heteroatoms. The molecule has 10 nitrogen and oxygen atoms in total. The molecule has 1 unspecified atom stereocenters. The van der Waals surface area contributed by atoms with Crippen molar-refractivity contribution in [2.24, 2.45) is 4.99 Å². The maximum absolute atomic E-state index is 14.6. The van der Waals surface area contributed by atoms with Crippen LogP contribution in [-0.2, 0) is 24.3 Å². The molecule has 0 spiro atoms. The lowest BCUT2D eigenvalue weighted by atomic mass is 9.95. The second-order valence-corrected chi connectivity index (χ2v) is 12.7. The smallest absolute Gasteiger partial charge is 0.338 e. The van der Waals surface area contributed by atoms with E-state index in [2.05, 4.69) is 31.2 Å². The van der Waals surface area contributed by atoms with Crippen molar-refractivity contribution in [3.05, 3.63) is 61.9 Å². The van der Waals surface area contributed by atoms with Gasteiger partial charge in [-0.3, -0.25) is 19.4 Å². The molecule has 1 amide bonds. The number of hydrogen-bond donors (Lipinski definition) is 2. The van der Waals surface area contributed by atoms with Crippen molar-refractivity contribution in [1.29, 1.82) is 0 Å². The van der Waals surface area contributed by atoms with Crippen molar-refractivity contribution in [1.82, 2.24) is 19.9 Å². The van der Waals surface area contributed by atoms with Crippen LogP contribution in [0.3, 0.4) is 0 Å². The fourth-order valence-electron chi connectivity index (χ4n) is 4.58. The third kappa shape index (κ3) is 7.27. The van der Waals surface area contributed by atoms with Crippen molar-refractivity contribution in [2.45, 2.75) is 37.8 Å². The average Bonchev–Trinajstić information content (AvgIpc) is 3.45. The number of aromatic nitrogens is 1. The highest BCUT2D eigenvalue weighted by Gasteiger charge is 2.46. The molecular weight excluding hydrogens is 639 g/mol. The Hall–Kier alpha value is -2.82. The summed E-state index contributed by atoms with van der Waals surface area (Å²) in [4.78, 5) is 35.8. The molecule has 2 aliphatic rings. The zero-order chi connectivity index (χ0) is 29.2. The normalized spacial score (nSPS) is 21.1. The van der Waals surface area contributed by atoms with Gasteiger partial charge in [-0.25, -0.2) is 31.4 Å². The number of nitrogens with zero attached hydrogens (tertiary/aromatic N) is 3. The summed E-state index contributed by atoms with van der Waals surface area (Å²) < 4.78 is 73.5. The Bertz CT molecular complexity index is 1470. The van der Waals surface area contributed by atoms with Gasteiger partial charge in [0, 0.05) is 47.2 Å². The first-order valence-electron chi connectivity index (χ1n) is 12.0. The van der Waals surface area contributed by atoms with Gasteiger partial charge in [-0.15, -0.1) is 11.3 Å². The number of nitrogens with one attached hydrogen (secondary N) is 2. The van der Waals surface area contributed by atoms with Gasteiger partial charge in [0.05, 0.1) is 25.0 Å². The molecule has 1 aromatic heterocycles. The molecule has 4 rings (SSSR count). The number of amidine groups is 1. The Kier molecular flexibility index (Phi) is 9.02. The average molecular weight is 665 g/mol. The van der Waals surface area contributed by atoms with Gasteiger partial charge in [-0.2, -0.15) is 0 Å². The van der Waals surface area contributed by atoms with E-state index >= 15 is 0 Å². The number of ether oxygens (including phenoxy) is 1. The lowest BCUT2D eigenvalue weighted by molar-refractivity contribution is -0.139. The maximum Gasteiger partial charge on any atom is 0.338 e. The molecule has 0 bridgehead atoms. The number of carbonyl (C=O) groups excluding carboxylic acids is 2. The third-order valence-electron chi connectivity index (χ3n) is 6.08. The van der Waals surface area contributed by atoms with E-state index in [4.69, 9.17) is 4.74 Å². The third-order valence-corrected chi connectivity index (χ3v) is 8.14. The molecule has 3 heterocycles. The number of amides is 1. The number of likely N-dealkylation sites (tertiary alicyclic amines) is 1. The summed E-state index contributed by atoms with van der Waals surface area (Å²) in [6.45, 7) is 0.644. The Morgan fingerprint density at radius 2 is 2.10 bits per heavy atom. The molecule has 1 saturated heterocycles. The maximum atomic E-state index is 14.6. The van der Waals surface area contributed by atoms with Gasteiger partial charge >= 0.3 is 5.97 Å². The SMILES string of the molecule is CCOC(=O)C1=C(CN2CC(F)(F)CC2CC(=O)NS(C)(=O)=O)NC(c2nccs2)=N[C@H]1c1ccc(F)cc1Br. The van der Waals surface area contributed by atoms with Crippen LogP contribution in [0.2, 0.25) is 0 Å². The van der Waals surface area contributed by atoms with Crippen LogP contribution in [0.15, 0.2) is 50.5 Å². The summed E-state index contributed by atoms with van der Waals surface area (Å²) in [6.07, 6.45) is 1.15. The highest BCUT2D eigenvalue weighted by Crippen LogP contribution is 2.39. The first-order valence-corrected chi connectivity index (χ1v) is 15.5. The number of benzene rings is 1. The minimum Gasteiger partial charge on any atom is -0.463 e. The van der Waals surface area contributed by atoms with Gasteiger partial charge in [0.2, 0.25) is 15.9 Å². The minimum absolute atomic E-state index is 0.0176. The van der Waals surface area contributed by atoms with Crippen LogP contribution in [0, 0.1) is 5.82 Å². The van der Waals surface area contributed by atoms with E-state index in [-0.39, 0.29) is 30.3 Å². The number of rotatable bonds is 9. The van der Waals surface area contributed by atoms with E-state index in [9.17, 15) is 31.2 Å². The molecule has 1 aromatic carbocycles. The second kappa shape index (κ2) is 12.0. The van der Waals surface area contributed by atoms with Crippen LogP contribution < -0.4 is 10.0 Å². The molecule has 0 saturated carbocycles. The topological polar surface area (TPSA) is 130 Å². The van der Waals surface area contributed by atoms with E-state index in [0.717, 1.165) is 6.26 Å². The van der Waals surface area contributed by atoms with Crippen molar-refractivity contribution < 1.29 is 35.9 Å². The second-order valence-electron chi connectivity index (χ2n) is 9.24. The van der Waals surface area contributed by atoms with Crippen LogP contribution in [0.4, 0.5) is 13.2 Å². The van der Waals surface area contributed by atoms with Crippen LogP contribution in [0.1, 0.15) is 36.4 Å². The summed E-state index contributed by atoms with van der Waals surface area (Å²) in [5.74, 6) is -5.11. The quantitative estimate of drug-likeness (QED) is 0.392. The number of hydrogen-bond acceptors (Lipinski definition) is 10. The van der Waals surface area contributed by atoms with Gasteiger partial charge in [0.1, 0.15) is 11.9 Å². The van der Waals surface area contributed by atoms with Gasteiger partial charge in [-0.05, 0) is 24.6 Å². The van der Waals surface area contributed by atoms with Gasteiger partial charge in [-0.1, -0.05) is 22.0 Å². The molecule has 216 valence electrons. The molecule has 0 aliphatic carbocycles. The Labute approximate surface area is 240 Å². The molecule has 2 aliphatic heterocycles. The zero-order valence-electron chi connectivity index (χ0n) is 21.3. The van der Waals surface area contributed by atoms with Gasteiger partial charge in [0.15, 0.2) is 10.8 Å². The Morgan fingerprint density at radius 3 is 2.73 bits per heavy atom. The summed E-state index contributed by atoms with van der Waals surface area (Å²) in [6, 6.07) is 1.83. The minimum atomic E-state index is -3.88. The summed E-state index contributed by atoms with van der Waals surface area (Å²) in [5.41, 5.74) is 0.628. The first-order chi connectivity index (χ1) is 18.8. The van der Waals surface area contributed by atoms with Gasteiger partial charge < -0.3 is 10.1 Å². The van der Waals surface area contributed by atoms with E-state index in [1.54, 1.807) is 23.2 Å². The standard InChI is InChI=1S/C24H25BrF3N5O5S2/c1-3-38-23(35)19-17(11-33-12-24(27,28)10-14(33)9-18(34)32-40(2,36)37)30-21(22-29-6-7-39-22)31-20(19)15-5-4-13(26)8-16(15)25/h4-8,14,20H,3,9-12H2,1-2H3,(H,30,31)(H,32,34)/t14?,20-/m0/s1. The highest BCUT2D eigenvalue weighted by atomic mass is 79.9. The van der Waals surface area contributed by atoms with Crippen LogP contribution >= 0.6 is 27.3 Å². The van der Waals surface area contributed by atoms with E-state index in [1.807, 2.05) is 0 Å². The van der Waals surface area contributed by atoms with E-state index < -0.39 is 65.1 Å². The molecule has 2 aromatic rings. The summed E-state index contributed by atoms with van der Waals surface area (Å²) in [5, 5.41) is 5.22. The molecule has 2 N–H and O–H groups in total. The Balaban J connectivity index is 1.78. The molecule has 2 atom stereocenters. The van der Waals surface area contributed by atoms with Crippen molar-refractivity contribution in [3.8, 4) is 0 Å². The van der Waals surface area contributed by atoms with Crippen molar-refractivity contribution in [3.63, 3.8) is 0 Å². The number of thiazole rings is 1.